The Balaban J connectivity index is 1.99. The Hall–Kier alpha value is -2.68. The van der Waals surface area contributed by atoms with Gasteiger partial charge in [0.05, 0.1) is 32.0 Å². The first-order chi connectivity index (χ1) is 14.5. The van der Waals surface area contributed by atoms with Crippen molar-refractivity contribution in [1.82, 2.24) is 14.5 Å². The van der Waals surface area contributed by atoms with E-state index in [2.05, 4.69) is 10.00 Å². The number of nitrogens with zero attached hydrogens (tertiary/aromatic N) is 4. The quantitative estimate of drug-likeness (QED) is 0.657. The second kappa shape index (κ2) is 8.45. The summed E-state index contributed by atoms with van der Waals surface area (Å²) in [6, 6.07) is 3.24. The lowest BCUT2D eigenvalue weighted by molar-refractivity contribution is 0.00565. The Morgan fingerprint density at radius 2 is 1.74 bits per heavy atom. The molecule has 1 aliphatic heterocycles. The third kappa shape index (κ3) is 4.37. The number of halogens is 1. The zero-order valence-electron chi connectivity index (χ0n) is 18.9. The van der Waals surface area contributed by atoms with E-state index in [9.17, 15) is 9.59 Å². The molecule has 0 N–H and O–H groups in total. The summed E-state index contributed by atoms with van der Waals surface area (Å²) in [5.41, 5.74) is 1.01. The molecule has 0 bridgehead atoms. The second-order valence-electron chi connectivity index (χ2n) is 8.67. The molecule has 0 spiro atoms. The summed E-state index contributed by atoms with van der Waals surface area (Å²) in [4.78, 5) is 28.8. The molecule has 1 amide bonds. The van der Waals surface area contributed by atoms with E-state index < -0.39 is 11.6 Å². The van der Waals surface area contributed by atoms with Crippen LogP contribution in [-0.2, 0) is 9.47 Å². The van der Waals surface area contributed by atoms with Crippen molar-refractivity contribution in [2.45, 2.75) is 52.3 Å². The van der Waals surface area contributed by atoms with Gasteiger partial charge in [-0.2, -0.15) is 0 Å². The van der Waals surface area contributed by atoms with Gasteiger partial charge in [-0.1, -0.05) is 11.6 Å². The fourth-order valence-corrected chi connectivity index (χ4v) is 4.21. The van der Waals surface area contributed by atoms with Gasteiger partial charge in [0.1, 0.15) is 16.1 Å². The molecule has 0 aliphatic carbocycles. The van der Waals surface area contributed by atoms with Crippen LogP contribution in [0.1, 0.15) is 45.1 Å². The molecular weight excluding hydrogens is 424 g/mol. The van der Waals surface area contributed by atoms with E-state index in [4.69, 9.17) is 25.8 Å². The van der Waals surface area contributed by atoms with Crippen LogP contribution in [0.15, 0.2) is 12.1 Å². The maximum absolute atomic E-state index is 12.7. The molecule has 0 unspecified atom stereocenters. The number of piperazine rings is 1. The molecule has 9 nitrogen and oxygen atoms in total. The molecule has 1 saturated heterocycles. The Kier molecular flexibility index (Phi) is 6.27. The summed E-state index contributed by atoms with van der Waals surface area (Å²) in [5, 5.41) is 4.63. The third-order valence-electron chi connectivity index (χ3n) is 5.12. The van der Waals surface area contributed by atoms with Gasteiger partial charge < -0.3 is 19.1 Å². The number of carbonyl (C=O) groups is 2. The first-order valence-electron chi connectivity index (χ1n) is 10.1. The molecule has 3 heterocycles. The van der Waals surface area contributed by atoms with Crippen molar-refractivity contribution in [1.29, 1.82) is 0 Å². The van der Waals surface area contributed by atoms with Crippen molar-refractivity contribution in [3.63, 3.8) is 0 Å². The third-order valence-corrected chi connectivity index (χ3v) is 5.46. The molecule has 0 radical (unpaired) electrons. The van der Waals surface area contributed by atoms with Crippen molar-refractivity contribution in [2.75, 3.05) is 32.2 Å². The average Bonchev–Trinajstić information content (AvgIpc) is 3.01. The predicted molar refractivity (Wildman–Crippen MR) is 117 cm³/mol. The first-order valence-corrected chi connectivity index (χ1v) is 10.5. The maximum Gasteiger partial charge on any atom is 0.410 e. The fraction of sp³-hybridized carbons (Fsp3) is 0.571. The van der Waals surface area contributed by atoms with E-state index in [-0.39, 0.29) is 29.8 Å². The Bertz CT molecular complexity index is 988. The minimum atomic E-state index is -0.564. The maximum atomic E-state index is 12.7. The lowest BCUT2D eigenvalue weighted by Gasteiger charge is -2.45. The van der Waals surface area contributed by atoms with Gasteiger partial charge in [-0.3, -0.25) is 4.90 Å². The van der Waals surface area contributed by atoms with Crippen LogP contribution in [0.2, 0.25) is 5.02 Å². The van der Waals surface area contributed by atoms with E-state index in [1.54, 1.807) is 11.0 Å². The van der Waals surface area contributed by atoms with Crippen molar-refractivity contribution < 1.29 is 23.8 Å². The van der Waals surface area contributed by atoms with Crippen LogP contribution in [0, 0.1) is 0 Å². The number of aromatic nitrogens is 2. The molecular formula is C21H29ClN4O5. The highest BCUT2D eigenvalue weighted by molar-refractivity contribution is 6.36. The molecule has 2 atom stereocenters. The SMILES string of the molecule is COC(=O)c1ccc(N2C[C@H](C)N(C(=O)OC(C)(C)C)[C@@H](C)C2)c2c(Cl)c(OC)nn12. The number of anilines is 1. The summed E-state index contributed by atoms with van der Waals surface area (Å²) in [5.74, 6) is -0.317. The minimum absolute atomic E-state index is 0.109. The Morgan fingerprint density at radius 1 is 1.13 bits per heavy atom. The van der Waals surface area contributed by atoms with Crippen molar-refractivity contribution in [3.8, 4) is 5.88 Å². The van der Waals surface area contributed by atoms with Crippen molar-refractivity contribution >= 4 is 34.9 Å². The van der Waals surface area contributed by atoms with Crippen LogP contribution < -0.4 is 9.64 Å². The normalized spacial score (nSPS) is 19.5. The van der Waals surface area contributed by atoms with Gasteiger partial charge in [0, 0.05) is 13.1 Å². The number of fused-ring (bicyclic) bond motifs is 1. The predicted octanol–water partition coefficient (Wildman–Crippen LogP) is 3.62. The van der Waals surface area contributed by atoms with Gasteiger partial charge in [-0.25, -0.2) is 14.1 Å². The van der Waals surface area contributed by atoms with Crippen LogP contribution in [-0.4, -0.2) is 71.6 Å². The zero-order chi connectivity index (χ0) is 23.1. The molecule has 170 valence electrons. The van der Waals surface area contributed by atoms with Gasteiger partial charge in [0.15, 0.2) is 5.69 Å². The lowest BCUT2D eigenvalue weighted by atomic mass is 10.1. The topological polar surface area (TPSA) is 85.6 Å². The Morgan fingerprint density at radius 3 is 2.26 bits per heavy atom. The van der Waals surface area contributed by atoms with Crippen LogP contribution in [0.4, 0.5) is 10.5 Å². The molecule has 0 saturated carbocycles. The summed E-state index contributed by atoms with van der Waals surface area (Å²) in [7, 11) is 2.78. The smallest absolute Gasteiger partial charge is 0.410 e. The Labute approximate surface area is 186 Å². The van der Waals surface area contributed by atoms with Gasteiger partial charge in [-0.05, 0) is 46.8 Å². The van der Waals surface area contributed by atoms with Gasteiger partial charge in [-0.15, -0.1) is 5.10 Å². The zero-order valence-corrected chi connectivity index (χ0v) is 19.7. The van der Waals surface area contributed by atoms with E-state index in [0.29, 0.717) is 23.6 Å². The monoisotopic (exact) mass is 452 g/mol. The van der Waals surface area contributed by atoms with Crippen molar-refractivity contribution in [3.05, 3.63) is 22.8 Å². The number of pyridine rings is 1. The van der Waals surface area contributed by atoms with Crippen LogP contribution in [0.3, 0.4) is 0 Å². The number of rotatable bonds is 3. The second-order valence-corrected chi connectivity index (χ2v) is 9.05. The average molecular weight is 453 g/mol. The highest BCUT2D eigenvalue weighted by Crippen LogP contribution is 2.37. The highest BCUT2D eigenvalue weighted by Gasteiger charge is 2.37. The molecule has 1 fully saturated rings. The van der Waals surface area contributed by atoms with Gasteiger partial charge >= 0.3 is 12.1 Å². The van der Waals surface area contributed by atoms with E-state index in [0.717, 1.165) is 5.69 Å². The number of ether oxygens (including phenoxy) is 3. The van der Waals surface area contributed by atoms with Gasteiger partial charge in [0.2, 0.25) is 0 Å². The molecule has 0 aromatic carbocycles. The van der Waals surface area contributed by atoms with E-state index in [1.165, 1.54) is 18.7 Å². The molecule has 2 aromatic rings. The van der Waals surface area contributed by atoms with Crippen LogP contribution in [0.25, 0.3) is 5.52 Å². The van der Waals surface area contributed by atoms with E-state index in [1.807, 2.05) is 40.7 Å². The summed E-state index contributed by atoms with van der Waals surface area (Å²) >= 11 is 6.55. The molecule has 2 aromatic heterocycles. The molecule has 1 aliphatic rings. The largest absolute Gasteiger partial charge is 0.479 e. The highest BCUT2D eigenvalue weighted by atomic mass is 35.5. The molecule has 3 rings (SSSR count). The standard InChI is InChI=1S/C21H29ClN4O5/c1-12-10-24(11-13(2)25(12)20(28)31-21(3,4)5)14-8-9-15(19(27)30-7)26-17(14)16(22)18(23-26)29-6/h8-9,12-13H,10-11H2,1-7H3/t12-,13-/m0/s1. The van der Waals surface area contributed by atoms with Crippen LogP contribution in [0.5, 0.6) is 5.88 Å². The van der Waals surface area contributed by atoms with Gasteiger partial charge in [0.25, 0.3) is 5.88 Å². The molecule has 10 heteroatoms. The first kappa shape index (κ1) is 23.0. The number of methoxy groups -OCH3 is 2. The summed E-state index contributed by atoms with van der Waals surface area (Å²) in [6.07, 6.45) is -0.331. The summed E-state index contributed by atoms with van der Waals surface area (Å²) < 4.78 is 17.2. The number of hydrogen-bond acceptors (Lipinski definition) is 7. The fourth-order valence-electron chi connectivity index (χ4n) is 3.92. The number of esters is 1. The van der Waals surface area contributed by atoms with E-state index >= 15 is 0 Å². The lowest BCUT2D eigenvalue weighted by Crippen LogP contribution is -2.59. The minimum Gasteiger partial charge on any atom is -0.479 e. The van der Waals surface area contributed by atoms with Crippen LogP contribution >= 0.6 is 11.6 Å². The van der Waals surface area contributed by atoms with Crippen molar-refractivity contribution in [2.24, 2.45) is 0 Å². The molecule has 31 heavy (non-hydrogen) atoms. The number of carbonyl (C=O) groups excluding carboxylic acids is 2. The summed E-state index contributed by atoms with van der Waals surface area (Å²) in [6.45, 7) is 10.6. The number of amides is 1. The number of hydrogen-bond donors (Lipinski definition) is 0.